The molecule has 0 aliphatic rings. The van der Waals surface area contributed by atoms with Crippen LogP contribution in [0.4, 0.5) is 4.39 Å². The zero-order chi connectivity index (χ0) is 15.5. The standard InChI is InChI=1S/C17H18FN2O2/c1-19-12-20(17-5-3-2-4-16(17)19)10-14(21)11-22-15-8-6-13(18)7-9-15/h2-9,12,14,21H,10-11H2,1H3/q+1. The van der Waals surface area contributed by atoms with Crippen molar-refractivity contribution in [3.05, 3.63) is 60.7 Å². The fraction of sp³-hybridized carbons (Fsp3) is 0.235. The van der Waals surface area contributed by atoms with Gasteiger partial charge in [0.2, 0.25) is 6.33 Å². The molecule has 0 aliphatic heterocycles. The lowest BCUT2D eigenvalue weighted by Gasteiger charge is -2.10. The molecular formula is C17H18FN2O2+. The number of aromatic nitrogens is 2. The largest absolute Gasteiger partial charge is 0.491 e. The molecule has 4 nitrogen and oxygen atoms in total. The predicted molar refractivity (Wildman–Crippen MR) is 81.0 cm³/mol. The SMILES string of the molecule is C[n+]1cn(CC(O)COc2ccc(F)cc2)c2ccccc21. The van der Waals surface area contributed by atoms with E-state index in [1.807, 2.05) is 46.8 Å². The van der Waals surface area contributed by atoms with Crippen LogP contribution >= 0.6 is 0 Å². The van der Waals surface area contributed by atoms with Gasteiger partial charge in [0.15, 0.2) is 11.0 Å². The topological polar surface area (TPSA) is 38.3 Å². The van der Waals surface area contributed by atoms with Gasteiger partial charge in [0.05, 0.1) is 7.05 Å². The fourth-order valence-electron chi connectivity index (χ4n) is 2.49. The summed E-state index contributed by atoms with van der Waals surface area (Å²) in [6.45, 7) is 0.588. The van der Waals surface area contributed by atoms with Gasteiger partial charge in [0.25, 0.3) is 0 Å². The Labute approximate surface area is 128 Å². The summed E-state index contributed by atoms with van der Waals surface area (Å²) in [6, 6.07) is 13.8. The maximum atomic E-state index is 12.8. The molecule has 1 heterocycles. The van der Waals surface area contributed by atoms with Crippen LogP contribution in [0.1, 0.15) is 0 Å². The van der Waals surface area contributed by atoms with Crippen LogP contribution in [0.5, 0.6) is 5.75 Å². The van der Waals surface area contributed by atoms with Crippen molar-refractivity contribution >= 4 is 11.0 Å². The van der Waals surface area contributed by atoms with E-state index in [1.54, 1.807) is 12.1 Å². The first-order valence-corrected chi connectivity index (χ1v) is 7.13. The van der Waals surface area contributed by atoms with Gasteiger partial charge in [-0.1, -0.05) is 12.1 Å². The number of ether oxygens (including phenoxy) is 1. The molecule has 1 unspecified atom stereocenters. The van der Waals surface area contributed by atoms with Gasteiger partial charge in [-0.2, -0.15) is 0 Å². The number of halogens is 1. The first-order valence-electron chi connectivity index (χ1n) is 7.13. The molecule has 22 heavy (non-hydrogen) atoms. The van der Waals surface area contributed by atoms with Gasteiger partial charge in [-0.05, 0) is 36.4 Å². The number of aliphatic hydroxyl groups excluding tert-OH is 1. The van der Waals surface area contributed by atoms with Gasteiger partial charge in [0, 0.05) is 0 Å². The third-order valence-corrected chi connectivity index (χ3v) is 3.55. The second-order valence-electron chi connectivity index (χ2n) is 5.29. The molecule has 0 bridgehead atoms. The van der Waals surface area contributed by atoms with Gasteiger partial charge in [-0.25, -0.2) is 13.5 Å². The van der Waals surface area contributed by atoms with Crippen LogP contribution in [0.3, 0.4) is 0 Å². The normalized spacial score (nSPS) is 12.5. The van der Waals surface area contributed by atoms with Crippen molar-refractivity contribution in [3.8, 4) is 5.75 Å². The summed E-state index contributed by atoms with van der Waals surface area (Å²) in [4.78, 5) is 0. The minimum Gasteiger partial charge on any atom is -0.491 e. The number of imidazole rings is 1. The Morgan fingerprint density at radius 1 is 1.18 bits per heavy atom. The molecule has 3 rings (SSSR count). The molecule has 114 valence electrons. The Bertz CT molecular complexity index is 768. The molecule has 0 spiro atoms. The van der Waals surface area contributed by atoms with E-state index in [0.717, 1.165) is 11.0 Å². The number of aliphatic hydroxyl groups is 1. The Hall–Kier alpha value is -2.40. The van der Waals surface area contributed by atoms with Crippen LogP contribution in [0, 0.1) is 5.82 Å². The summed E-state index contributed by atoms with van der Waals surface area (Å²) in [5.41, 5.74) is 2.17. The molecule has 2 aromatic carbocycles. The van der Waals surface area contributed by atoms with E-state index in [2.05, 4.69) is 0 Å². The zero-order valence-corrected chi connectivity index (χ0v) is 12.3. The number of rotatable bonds is 5. The van der Waals surface area contributed by atoms with Gasteiger partial charge in [-0.15, -0.1) is 0 Å². The molecule has 0 radical (unpaired) electrons. The monoisotopic (exact) mass is 301 g/mol. The molecule has 0 saturated carbocycles. The maximum absolute atomic E-state index is 12.8. The zero-order valence-electron chi connectivity index (χ0n) is 12.3. The van der Waals surface area contributed by atoms with Gasteiger partial charge >= 0.3 is 0 Å². The summed E-state index contributed by atoms with van der Waals surface area (Å²) >= 11 is 0. The van der Waals surface area contributed by atoms with Crippen molar-refractivity contribution in [2.45, 2.75) is 12.6 Å². The predicted octanol–water partition coefficient (Wildman–Crippen LogP) is 2.04. The van der Waals surface area contributed by atoms with Crippen LogP contribution in [0.2, 0.25) is 0 Å². The number of nitrogens with zero attached hydrogens (tertiary/aromatic N) is 2. The third kappa shape index (κ3) is 3.09. The van der Waals surface area contributed by atoms with Crippen LogP contribution in [0.25, 0.3) is 11.0 Å². The number of fused-ring (bicyclic) bond motifs is 1. The lowest BCUT2D eigenvalue weighted by atomic mass is 10.3. The average Bonchev–Trinajstić information content (AvgIpc) is 2.83. The van der Waals surface area contributed by atoms with Gasteiger partial charge in [-0.3, -0.25) is 0 Å². The van der Waals surface area contributed by atoms with Crippen molar-refractivity contribution in [2.75, 3.05) is 6.61 Å². The first-order chi connectivity index (χ1) is 10.6. The second-order valence-corrected chi connectivity index (χ2v) is 5.29. The van der Waals surface area contributed by atoms with Crippen molar-refractivity contribution < 1.29 is 18.8 Å². The number of hydrogen-bond donors (Lipinski definition) is 1. The summed E-state index contributed by atoms with van der Waals surface area (Å²) in [7, 11) is 1.97. The maximum Gasteiger partial charge on any atom is 0.244 e. The van der Waals surface area contributed by atoms with E-state index < -0.39 is 6.10 Å². The molecule has 0 aliphatic carbocycles. The summed E-state index contributed by atoms with van der Waals surface area (Å²) in [5, 5.41) is 10.2. The molecule has 1 aromatic heterocycles. The summed E-state index contributed by atoms with van der Waals surface area (Å²) in [5.74, 6) is 0.238. The van der Waals surface area contributed by atoms with Crippen molar-refractivity contribution in [3.63, 3.8) is 0 Å². The van der Waals surface area contributed by atoms with Gasteiger partial charge < -0.3 is 9.84 Å². The Morgan fingerprint density at radius 3 is 2.68 bits per heavy atom. The third-order valence-electron chi connectivity index (χ3n) is 3.55. The Morgan fingerprint density at radius 2 is 1.91 bits per heavy atom. The van der Waals surface area contributed by atoms with E-state index in [0.29, 0.717) is 12.3 Å². The van der Waals surface area contributed by atoms with Gasteiger partial charge in [0.1, 0.15) is 30.8 Å². The van der Waals surface area contributed by atoms with E-state index >= 15 is 0 Å². The molecule has 3 aromatic rings. The molecular weight excluding hydrogens is 283 g/mol. The fourth-order valence-corrected chi connectivity index (χ4v) is 2.49. The summed E-state index contributed by atoms with van der Waals surface area (Å²) in [6.07, 6.45) is 1.30. The van der Waals surface area contributed by atoms with Crippen LogP contribution in [-0.4, -0.2) is 22.4 Å². The van der Waals surface area contributed by atoms with Crippen LogP contribution in [0.15, 0.2) is 54.9 Å². The van der Waals surface area contributed by atoms with E-state index in [-0.39, 0.29) is 12.4 Å². The van der Waals surface area contributed by atoms with Crippen LogP contribution < -0.4 is 9.30 Å². The molecule has 1 atom stereocenters. The number of aryl methyl sites for hydroxylation is 1. The molecule has 0 saturated heterocycles. The highest BCUT2D eigenvalue weighted by Crippen LogP contribution is 2.13. The minimum absolute atomic E-state index is 0.155. The minimum atomic E-state index is -0.652. The molecule has 0 amide bonds. The Balaban J connectivity index is 1.65. The van der Waals surface area contributed by atoms with Crippen molar-refractivity contribution in [1.82, 2.24) is 4.57 Å². The quantitative estimate of drug-likeness (QED) is 0.733. The number of hydrogen-bond acceptors (Lipinski definition) is 2. The number of para-hydroxylation sites is 2. The van der Waals surface area contributed by atoms with Crippen molar-refractivity contribution in [2.24, 2.45) is 7.05 Å². The molecule has 5 heteroatoms. The Kier molecular flexibility index (Phi) is 4.06. The lowest BCUT2D eigenvalue weighted by molar-refractivity contribution is -0.645. The van der Waals surface area contributed by atoms with E-state index in [9.17, 15) is 9.50 Å². The first kappa shape index (κ1) is 14.5. The van der Waals surface area contributed by atoms with Crippen LogP contribution in [-0.2, 0) is 13.6 Å². The molecule has 0 fully saturated rings. The average molecular weight is 301 g/mol. The van der Waals surface area contributed by atoms with E-state index in [1.165, 1.54) is 12.1 Å². The van der Waals surface area contributed by atoms with E-state index in [4.69, 9.17) is 4.74 Å². The van der Waals surface area contributed by atoms with Crippen molar-refractivity contribution in [1.29, 1.82) is 0 Å². The summed E-state index contributed by atoms with van der Waals surface area (Å²) < 4.78 is 22.3. The highest BCUT2D eigenvalue weighted by atomic mass is 19.1. The molecule has 1 N–H and O–H groups in total. The second kappa shape index (κ2) is 6.15. The highest BCUT2D eigenvalue weighted by Gasteiger charge is 2.16. The lowest BCUT2D eigenvalue weighted by Crippen LogP contribution is -2.27. The number of benzene rings is 2. The highest BCUT2D eigenvalue weighted by molar-refractivity contribution is 5.71. The smallest absolute Gasteiger partial charge is 0.244 e.